The largest absolute Gasteiger partial charge is 0.493 e. The minimum absolute atomic E-state index is 0.265. The summed E-state index contributed by atoms with van der Waals surface area (Å²) in [5.41, 5.74) is 11.4. The van der Waals surface area contributed by atoms with Crippen LogP contribution in [0.5, 0.6) is 5.75 Å². The first kappa shape index (κ1) is 10.4. The topological polar surface area (TPSA) is 78.3 Å². The molecule has 0 fully saturated rings. The Morgan fingerprint density at radius 2 is 2.21 bits per heavy atom. The van der Waals surface area contributed by atoms with E-state index in [1.54, 1.807) is 18.2 Å². The summed E-state index contributed by atoms with van der Waals surface area (Å²) in [4.78, 5) is 11.1. The molecule has 1 aromatic rings. The summed E-state index contributed by atoms with van der Waals surface area (Å²) in [6.45, 7) is 2.53. The summed E-state index contributed by atoms with van der Waals surface area (Å²) < 4.78 is 5.35. The maximum atomic E-state index is 11.1. The molecule has 0 aliphatic heterocycles. The minimum atomic E-state index is -0.561. The van der Waals surface area contributed by atoms with Crippen LogP contribution >= 0.6 is 0 Å². The number of anilines is 1. The molecule has 0 aromatic heterocycles. The zero-order valence-corrected chi connectivity index (χ0v) is 8.12. The Kier molecular flexibility index (Phi) is 3.34. The number of hydrogen-bond donors (Lipinski definition) is 2. The predicted octanol–water partition coefficient (Wildman–Crippen LogP) is 1.16. The molecule has 0 saturated carbocycles. The molecule has 0 atom stereocenters. The third-order valence-electron chi connectivity index (χ3n) is 1.77. The van der Waals surface area contributed by atoms with Crippen molar-refractivity contribution in [2.75, 3.05) is 12.3 Å². The number of hydrogen-bond acceptors (Lipinski definition) is 3. The highest BCUT2D eigenvalue weighted by molar-refractivity contribution is 6.00. The van der Waals surface area contributed by atoms with Crippen LogP contribution in [-0.4, -0.2) is 12.5 Å². The molecule has 0 saturated heterocycles. The van der Waals surface area contributed by atoms with Crippen LogP contribution in [0.25, 0.3) is 0 Å². The molecule has 1 aromatic carbocycles. The van der Waals surface area contributed by atoms with E-state index < -0.39 is 5.91 Å². The standard InChI is InChI=1S/C10H14N2O2/c1-2-6-14-8-5-3-4-7(11)9(8)10(12)13/h3-5H,2,6,11H2,1H3,(H2,12,13). The summed E-state index contributed by atoms with van der Waals surface area (Å²) in [5, 5.41) is 0. The molecule has 1 amide bonds. The van der Waals surface area contributed by atoms with Crippen LogP contribution in [0.3, 0.4) is 0 Å². The van der Waals surface area contributed by atoms with Crippen LogP contribution in [0.15, 0.2) is 18.2 Å². The first-order valence-corrected chi connectivity index (χ1v) is 4.48. The lowest BCUT2D eigenvalue weighted by molar-refractivity contribution is 0.0997. The lowest BCUT2D eigenvalue weighted by Crippen LogP contribution is -2.15. The van der Waals surface area contributed by atoms with Crippen LogP contribution in [0.1, 0.15) is 23.7 Å². The fourth-order valence-corrected chi connectivity index (χ4v) is 1.14. The highest BCUT2D eigenvalue weighted by Gasteiger charge is 2.12. The van der Waals surface area contributed by atoms with E-state index in [1.165, 1.54) is 0 Å². The minimum Gasteiger partial charge on any atom is -0.493 e. The van der Waals surface area contributed by atoms with Crippen LogP contribution in [0, 0.1) is 0 Å². The van der Waals surface area contributed by atoms with Gasteiger partial charge in [-0.2, -0.15) is 0 Å². The SMILES string of the molecule is CCCOc1cccc(N)c1C(N)=O. The van der Waals surface area contributed by atoms with Crippen molar-refractivity contribution in [2.45, 2.75) is 13.3 Å². The van der Waals surface area contributed by atoms with E-state index in [0.29, 0.717) is 18.0 Å². The second-order valence-electron chi connectivity index (χ2n) is 2.93. The second kappa shape index (κ2) is 4.50. The molecule has 0 aliphatic carbocycles. The normalized spacial score (nSPS) is 9.79. The number of rotatable bonds is 4. The maximum absolute atomic E-state index is 11.1. The fourth-order valence-electron chi connectivity index (χ4n) is 1.14. The molecule has 14 heavy (non-hydrogen) atoms. The van der Waals surface area contributed by atoms with Crippen molar-refractivity contribution in [3.05, 3.63) is 23.8 Å². The molecule has 0 unspecified atom stereocenters. The smallest absolute Gasteiger partial charge is 0.254 e. The molecule has 4 nitrogen and oxygen atoms in total. The van der Waals surface area contributed by atoms with Gasteiger partial charge in [0.05, 0.1) is 6.61 Å². The van der Waals surface area contributed by atoms with Crippen LogP contribution in [-0.2, 0) is 0 Å². The van der Waals surface area contributed by atoms with Crippen molar-refractivity contribution in [3.63, 3.8) is 0 Å². The van der Waals surface area contributed by atoms with E-state index in [0.717, 1.165) is 6.42 Å². The Labute approximate surface area is 82.8 Å². The monoisotopic (exact) mass is 194 g/mol. The highest BCUT2D eigenvalue weighted by atomic mass is 16.5. The number of carbonyl (C=O) groups excluding carboxylic acids is 1. The summed E-state index contributed by atoms with van der Waals surface area (Å²) >= 11 is 0. The quantitative estimate of drug-likeness (QED) is 0.706. The van der Waals surface area contributed by atoms with Crippen molar-refractivity contribution in [1.82, 2.24) is 0 Å². The molecular weight excluding hydrogens is 180 g/mol. The summed E-state index contributed by atoms with van der Waals surface area (Å²) in [7, 11) is 0. The van der Waals surface area contributed by atoms with Gasteiger partial charge in [-0.3, -0.25) is 4.79 Å². The molecule has 4 heteroatoms. The number of nitrogens with two attached hydrogens (primary N) is 2. The van der Waals surface area contributed by atoms with Crippen LogP contribution in [0.4, 0.5) is 5.69 Å². The summed E-state index contributed by atoms with van der Waals surface area (Å²) in [5.74, 6) is -0.103. The van der Waals surface area contributed by atoms with E-state index in [4.69, 9.17) is 16.2 Å². The van der Waals surface area contributed by atoms with E-state index >= 15 is 0 Å². The third kappa shape index (κ3) is 2.16. The van der Waals surface area contributed by atoms with Gasteiger partial charge in [0, 0.05) is 5.69 Å². The van der Waals surface area contributed by atoms with Gasteiger partial charge in [0.2, 0.25) is 0 Å². The van der Waals surface area contributed by atoms with Crippen molar-refractivity contribution in [2.24, 2.45) is 5.73 Å². The highest BCUT2D eigenvalue weighted by Crippen LogP contribution is 2.23. The van der Waals surface area contributed by atoms with E-state index in [-0.39, 0.29) is 5.56 Å². The number of benzene rings is 1. The maximum Gasteiger partial charge on any atom is 0.254 e. The molecule has 0 radical (unpaired) electrons. The average Bonchev–Trinajstić information content (AvgIpc) is 2.14. The van der Waals surface area contributed by atoms with Crippen molar-refractivity contribution in [1.29, 1.82) is 0 Å². The van der Waals surface area contributed by atoms with E-state index in [1.807, 2.05) is 6.92 Å². The molecule has 0 aliphatic rings. The van der Waals surface area contributed by atoms with Gasteiger partial charge >= 0.3 is 0 Å². The zero-order chi connectivity index (χ0) is 10.6. The van der Waals surface area contributed by atoms with Crippen molar-refractivity contribution < 1.29 is 9.53 Å². The average molecular weight is 194 g/mol. The first-order valence-electron chi connectivity index (χ1n) is 4.48. The van der Waals surface area contributed by atoms with Gasteiger partial charge in [-0.15, -0.1) is 0 Å². The number of nitrogen functional groups attached to an aromatic ring is 1. The van der Waals surface area contributed by atoms with E-state index in [9.17, 15) is 4.79 Å². The Hall–Kier alpha value is -1.71. The number of primary amides is 1. The molecule has 76 valence electrons. The second-order valence-corrected chi connectivity index (χ2v) is 2.93. The van der Waals surface area contributed by atoms with E-state index in [2.05, 4.69) is 0 Å². The molecular formula is C10H14N2O2. The Morgan fingerprint density at radius 1 is 1.50 bits per heavy atom. The number of ether oxygens (including phenoxy) is 1. The van der Waals surface area contributed by atoms with Crippen molar-refractivity contribution >= 4 is 11.6 Å². The summed E-state index contributed by atoms with van der Waals surface area (Å²) in [6, 6.07) is 5.04. The Bertz CT molecular complexity index is 337. The van der Waals surface area contributed by atoms with Gasteiger partial charge < -0.3 is 16.2 Å². The van der Waals surface area contributed by atoms with Crippen LogP contribution in [0.2, 0.25) is 0 Å². The number of amides is 1. The predicted molar refractivity (Wildman–Crippen MR) is 55.2 cm³/mol. The molecule has 0 heterocycles. The molecule has 0 bridgehead atoms. The van der Waals surface area contributed by atoms with Crippen molar-refractivity contribution in [3.8, 4) is 5.75 Å². The Balaban J connectivity index is 3.02. The van der Waals surface area contributed by atoms with Gasteiger partial charge in [0.25, 0.3) is 5.91 Å². The van der Waals surface area contributed by atoms with Gasteiger partial charge in [0.1, 0.15) is 11.3 Å². The first-order chi connectivity index (χ1) is 6.66. The zero-order valence-electron chi connectivity index (χ0n) is 8.12. The summed E-state index contributed by atoms with van der Waals surface area (Å²) in [6.07, 6.45) is 0.868. The van der Waals surface area contributed by atoms with Gasteiger partial charge in [-0.05, 0) is 18.6 Å². The third-order valence-corrected chi connectivity index (χ3v) is 1.77. The van der Waals surface area contributed by atoms with Gasteiger partial charge in [-0.25, -0.2) is 0 Å². The van der Waals surface area contributed by atoms with Gasteiger partial charge in [-0.1, -0.05) is 13.0 Å². The van der Waals surface area contributed by atoms with Gasteiger partial charge in [0.15, 0.2) is 0 Å². The lowest BCUT2D eigenvalue weighted by Gasteiger charge is -2.10. The molecule has 1 rings (SSSR count). The molecule has 0 spiro atoms. The number of carbonyl (C=O) groups is 1. The fraction of sp³-hybridized carbons (Fsp3) is 0.300. The molecule has 4 N–H and O–H groups in total. The van der Waals surface area contributed by atoms with Crippen LogP contribution < -0.4 is 16.2 Å². The Morgan fingerprint density at radius 3 is 2.79 bits per heavy atom. The lowest BCUT2D eigenvalue weighted by atomic mass is 10.1.